The second-order valence-corrected chi connectivity index (χ2v) is 2.31. The molecule has 0 aromatic heterocycles. The van der Waals surface area contributed by atoms with Crippen molar-refractivity contribution in [2.75, 3.05) is 7.05 Å². The van der Waals surface area contributed by atoms with Gasteiger partial charge in [0, 0.05) is 18.7 Å². The zero-order chi connectivity index (χ0) is 8.85. The SMILES string of the molecule is C#CC(C)/C=C(\N)C(=C)NC. The van der Waals surface area contributed by atoms with Crippen LogP contribution in [0.2, 0.25) is 0 Å². The molecule has 0 spiro atoms. The second-order valence-electron chi connectivity index (χ2n) is 2.31. The van der Waals surface area contributed by atoms with E-state index in [0.717, 1.165) is 0 Å². The Morgan fingerprint density at radius 1 is 1.82 bits per heavy atom. The van der Waals surface area contributed by atoms with Crippen LogP contribution in [-0.4, -0.2) is 7.05 Å². The summed E-state index contributed by atoms with van der Waals surface area (Å²) in [5, 5.41) is 2.84. The third-order valence-corrected chi connectivity index (χ3v) is 1.34. The molecule has 0 saturated heterocycles. The topological polar surface area (TPSA) is 38.0 Å². The van der Waals surface area contributed by atoms with E-state index in [2.05, 4.69) is 17.8 Å². The van der Waals surface area contributed by atoms with E-state index >= 15 is 0 Å². The lowest BCUT2D eigenvalue weighted by Crippen LogP contribution is -2.13. The zero-order valence-corrected chi connectivity index (χ0v) is 7.02. The maximum atomic E-state index is 5.61. The first kappa shape index (κ1) is 9.64. The molecular formula is C9H14N2. The van der Waals surface area contributed by atoms with Crippen LogP contribution in [0.25, 0.3) is 0 Å². The van der Waals surface area contributed by atoms with Gasteiger partial charge < -0.3 is 11.1 Å². The Morgan fingerprint density at radius 3 is 2.73 bits per heavy atom. The van der Waals surface area contributed by atoms with Gasteiger partial charge in [-0.3, -0.25) is 0 Å². The molecule has 0 aromatic rings. The van der Waals surface area contributed by atoms with Gasteiger partial charge in [-0.1, -0.05) is 12.5 Å². The van der Waals surface area contributed by atoms with E-state index in [-0.39, 0.29) is 5.92 Å². The average molecular weight is 150 g/mol. The Balaban J connectivity index is 4.24. The molecule has 1 unspecified atom stereocenters. The van der Waals surface area contributed by atoms with E-state index in [1.807, 2.05) is 6.92 Å². The van der Waals surface area contributed by atoms with E-state index in [9.17, 15) is 0 Å². The lowest BCUT2D eigenvalue weighted by atomic mass is 10.1. The Labute approximate surface area is 68.2 Å². The van der Waals surface area contributed by atoms with E-state index in [1.165, 1.54) is 0 Å². The molecule has 2 heteroatoms. The van der Waals surface area contributed by atoms with Gasteiger partial charge in [-0.2, -0.15) is 0 Å². The summed E-state index contributed by atoms with van der Waals surface area (Å²) >= 11 is 0. The number of nitrogens with one attached hydrogen (secondary N) is 1. The van der Waals surface area contributed by atoms with E-state index in [1.54, 1.807) is 13.1 Å². The van der Waals surface area contributed by atoms with Crippen molar-refractivity contribution in [1.82, 2.24) is 5.32 Å². The van der Waals surface area contributed by atoms with Gasteiger partial charge in [0.1, 0.15) is 0 Å². The van der Waals surface area contributed by atoms with Crippen molar-refractivity contribution in [2.45, 2.75) is 6.92 Å². The highest BCUT2D eigenvalue weighted by Crippen LogP contribution is 2.01. The summed E-state index contributed by atoms with van der Waals surface area (Å²) in [6.07, 6.45) is 6.95. The highest BCUT2D eigenvalue weighted by Gasteiger charge is 1.96. The maximum absolute atomic E-state index is 5.61. The Morgan fingerprint density at radius 2 is 2.36 bits per heavy atom. The summed E-state index contributed by atoms with van der Waals surface area (Å²) in [5.74, 6) is 2.61. The molecule has 60 valence electrons. The van der Waals surface area contributed by atoms with Crippen molar-refractivity contribution in [2.24, 2.45) is 11.7 Å². The first-order chi connectivity index (χ1) is 5.11. The molecule has 3 N–H and O–H groups in total. The molecule has 0 rings (SSSR count). The van der Waals surface area contributed by atoms with Crippen molar-refractivity contribution in [1.29, 1.82) is 0 Å². The molecule has 0 fully saturated rings. The predicted molar refractivity (Wildman–Crippen MR) is 48.5 cm³/mol. The van der Waals surface area contributed by atoms with E-state index in [4.69, 9.17) is 12.2 Å². The fourth-order valence-electron chi connectivity index (χ4n) is 0.562. The molecule has 0 aliphatic carbocycles. The van der Waals surface area contributed by atoms with Gasteiger partial charge in [-0.05, 0) is 13.0 Å². The third kappa shape index (κ3) is 3.36. The smallest absolute Gasteiger partial charge is 0.0515 e. The van der Waals surface area contributed by atoms with E-state index < -0.39 is 0 Å². The molecular weight excluding hydrogens is 136 g/mol. The summed E-state index contributed by atoms with van der Waals surface area (Å²) in [5.41, 5.74) is 6.92. The summed E-state index contributed by atoms with van der Waals surface area (Å²) < 4.78 is 0. The monoisotopic (exact) mass is 150 g/mol. The summed E-state index contributed by atoms with van der Waals surface area (Å²) in [6.45, 7) is 5.59. The lowest BCUT2D eigenvalue weighted by Gasteiger charge is -2.05. The van der Waals surface area contributed by atoms with Crippen LogP contribution in [0.3, 0.4) is 0 Å². The maximum Gasteiger partial charge on any atom is 0.0515 e. The summed E-state index contributed by atoms with van der Waals surface area (Å²) in [4.78, 5) is 0. The van der Waals surface area contributed by atoms with Crippen LogP contribution in [0.4, 0.5) is 0 Å². The lowest BCUT2D eigenvalue weighted by molar-refractivity contribution is 0.931. The van der Waals surface area contributed by atoms with Crippen molar-refractivity contribution >= 4 is 0 Å². The number of rotatable bonds is 3. The minimum Gasteiger partial charge on any atom is -0.397 e. The highest BCUT2D eigenvalue weighted by molar-refractivity contribution is 5.25. The molecule has 0 radical (unpaired) electrons. The van der Waals surface area contributed by atoms with Crippen LogP contribution >= 0.6 is 0 Å². The van der Waals surface area contributed by atoms with Crippen LogP contribution in [0, 0.1) is 18.3 Å². The van der Waals surface area contributed by atoms with Crippen molar-refractivity contribution in [3.8, 4) is 12.3 Å². The fraction of sp³-hybridized carbons (Fsp3) is 0.333. The molecule has 2 nitrogen and oxygen atoms in total. The number of nitrogens with two attached hydrogens (primary N) is 1. The number of hydrogen-bond acceptors (Lipinski definition) is 2. The molecule has 0 aliphatic rings. The molecule has 0 aromatic carbocycles. The summed E-state index contributed by atoms with van der Waals surface area (Å²) in [6, 6.07) is 0. The largest absolute Gasteiger partial charge is 0.397 e. The highest BCUT2D eigenvalue weighted by atomic mass is 14.9. The van der Waals surface area contributed by atoms with Crippen molar-refractivity contribution in [3.63, 3.8) is 0 Å². The summed E-state index contributed by atoms with van der Waals surface area (Å²) in [7, 11) is 1.77. The predicted octanol–water partition coefficient (Wildman–Crippen LogP) is 0.831. The van der Waals surface area contributed by atoms with Gasteiger partial charge in [0.25, 0.3) is 0 Å². The van der Waals surface area contributed by atoms with Crippen LogP contribution in [0.15, 0.2) is 24.0 Å². The number of likely N-dealkylation sites (N-methyl/N-ethyl adjacent to an activating group) is 1. The van der Waals surface area contributed by atoms with Crippen molar-refractivity contribution < 1.29 is 0 Å². The quantitative estimate of drug-likeness (QED) is 0.462. The van der Waals surface area contributed by atoms with Gasteiger partial charge >= 0.3 is 0 Å². The zero-order valence-electron chi connectivity index (χ0n) is 7.02. The van der Waals surface area contributed by atoms with Gasteiger partial charge in [-0.25, -0.2) is 0 Å². The van der Waals surface area contributed by atoms with Crippen LogP contribution in [-0.2, 0) is 0 Å². The third-order valence-electron chi connectivity index (χ3n) is 1.34. The van der Waals surface area contributed by atoms with Crippen LogP contribution < -0.4 is 11.1 Å². The Bertz CT molecular complexity index is 208. The Kier molecular flexibility index (Phi) is 3.90. The standard InChI is InChI=1S/C9H14N2/c1-5-7(2)6-9(10)8(3)11-4/h1,6-7,11H,3,10H2,2,4H3/b9-6-. The second kappa shape index (κ2) is 4.45. The minimum atomic E-state index is 0.0556. The van der Waals surface area contributed by atoms with Crippen LogP contribution in [0.5, 0.6) is 0 Å². The van der Waals surface area contributed by atoms with Gasteiger partial charge in [0.2, 0.25) is 0 Å². The number of allylic oxidation sites excluding steroid dienone is 1. The molecule has 0 heterocycles. The minimum absolute atomic E-state index is 0.0556. The van der Waals surface area contributed by atoms with Crippen LogP contribution in [0.1, 0.15) is 6.92 Å². The normalized spacial score (nSPS) is 13.4. The average Bonchev–Trinajstić information content (AvgIpc) is 2.02. The fourth-order valence-corrected chi connectivity index (χ4v) is 0.562. The molecule has 11 heavy (non-hydrogen) atoms. The van der Waals surface area contributed by atoms with Gasteiger partial charge in [0.05, 0.1) is 5.70 Å². The molecule has 0 saturated carbocycles. The molecule has 0 aliphatic heterocycles. The van der Waals surface area contributed by atoms with Crippen molar-refractivity contribution in [3.05, 3.63) is 24.0 Å². The molecule has 0 amide bonds. The first-order valence-electron chi connectivity index (χ1n) is 3.42. The first-order valence-corrected chi connectivity index (χ1v) is 3.42. The molecule has 1 atom stereocenters. The Hall–Kier alpha value is -1.36. The molecule has 0 bridgehead atoms. The van der Waals surface area contributed by atoms with E-state index in [0.29, 0.717) is 11.4 Å². The van der Waals surface area contributed by atoms with Gasteiger partial charge in [0.15, 0.2) is 0 Å². The number of terminal acetylenes is 1. The van der Waals surface area contributed by atoms with Gasteiger partial charge in [-0.15, -0.1) is 6.42 Å². The number of hydrogen-bond donors (Lipinski definition) is 2.